The number of fused-ring (bicyclic) bond motifs is 1. The van der Waals surface area contributed by atoms with E-state index in [0.29, 0.717) is 23.0 Å². The predicted octanol–water partition coefficient (Wildman–Crippen LogP) is 5.09. The van der Waals surface area contributed by atoms with E-state index < -0.39 is 12.0 Å². The summed E-state index contributed by atoms with van der Waals surface area (Å²) in [5, 5.41) is 13.2. The summed E-state index contributed by atoms with van der Waals surface area (Å²) in [5.41, 5.74) is 3.67. The highest BCUT2D eigenvalue weighted by atomic mass is 35.5. The Morgan fingerprint density at radius 3 is 2.38 bits per heavy atom. The van der Waals surface area contributed by atoms with Crippen molar-refractivity contribution in [1.82, 2.24) is 10.2 Å². The van der Waals surface area contributed by atoms with Gasteiger partial charge in [0, 0.05) is 23.7 Å². The third kappa shape index (κ3) is 4.86. The molecule has 0 fully saturated rings. The van der Waals surface area contributed by atoms with Crippen LogP contribution < -0.4 is 5.32 Å². The number of aliphatic hydroxyl groups is 1. The van der Waals surface area contributed by atoms with Crippen LogP contribution in [0, 0.1) is 5.92 Å². The van der Waals surface area contributed by atoms with Crippen LogP contribution in [-0.4, -0.2) is 28.4 Å². The van der Waals surface area contributed by atoms with Crippen LogP contribution in [0.25, 0.3) is 0 Å². The van der Waals surface area contributed by atoms with Gasteiger partial charge in [-0.3, -0.25) is 9.59 Å². The Balaban J connectivity index is 1.86. The maximum Gasteiger partial charge on any atom is 0.255 e. The highest BCUT2D eigenvalue weighted by molar-refractivity contribution is 6.31. The summed E-state index contributed by atoms with van der Waals surface area (Å²) < 4.78 is 0. The highest BCUT2D eigenvalue weighted by Crippen LogP contribution is 2.44. The number of aliphatic hydroxyl groups excluding tert-OH is 1. The third-order valence-electron chi connectivity index (χ3n) is 6.21. The molecule has 0 spiro atoms. The van der Waals surface area contributed by atoms with Gasteiger partial charge < -0.3 is 15.3 Å². The quantitative estimate of drug-likeness (QED) is 0.499. The second-order valence-corrected chi connectivity index (χ2v) is 9.48. The van der Waals surface area contributed by atoms with Gasteiger partial charge in [-0.1, -0.05) is 86.1 Å². The summed E-state index contributed by atoms with van der Waals surface area (Å²) >= 11 is 6.46. The fourth-order valence-corrected chi connectivity index (χ4v) is 4.66. The van der Waals surface area contributed by atoms with E-state index in [1.807, 2.05) is 74.5 Å². The fraction of sp³-hybridized carbons (Fsp3) is 0.286. The van der Waals surface area contributed by atoms with Crippen molar-refractivity contribution < 1.29 is 14.7 Å². The van der Waals surface area contributed by atoms with Crippen LogP contribution in [0.3, 0.4) is 0 Å². The zero-order valence-electron chi connectivity index (χ0n) is 19.4. The molecule has 34 heavy (non-hydrogen) atoms. The summed E-state index contributed by atoms with van der Waals surface area (Å²) in [4.78, 5) is 29.2. The van der Waals surface area contributed by atoms with Crippen LogP contribution in [0.4, 0.5) is 0 Å². The first-order chi connectivity index (χ1) is 16.4. The number of carbonyl (C=O) groups is 2. The lowest BCUT2D eigenvalue weighted by molar-refractivity contribution is -0.124. The van der Waals surface area contributed by atoms with Crippen molar-refractivity contribution in [3.63, 3.8) is 0 Å². The SMILES string of the molecule is CC(C)CNC(=O)[C@@H]1c2ccccc2C(=O)N(Cc2ccccc2Cl)[C@H]1c1ccc(CO)cc1. The lowest BCUT2D eigenvalue weighted by Crippen LogP contribution is -2.47. The van der Waals surface area contributed by atoms with Gasteiger partial charge in [0.1, 0.15) is 0 Å². The van der Waals surface area contributed by atoms with Gasteiger partial charge in [-0.05, 0) is 40.3 Å². The van der Waals surface area contributed by atoms with Crippen molar-refractivity contribution >= 4 is 23.4 Å². The molecule has 5 nitrogen and oxygen atoms in total. The summed E-state index contributed by atoms with van der Waals surface area (Å²) in [6.45, 7) is 4.84. The second-order valence-electron chi connectivity index (χ2n) is 9.07. The van der Waals surface area contributed by atoms with Crippen molar-refractivity contribution in [3.05, 3.63) is 106 Å². The molecule has 0 unspecified atom stereocenters. The van der Waals surface area contributed by atoms with Crippen LogP contribution in [0.5, 0.6) is 0 Å². The van der Waals surface area contributed by atoms with Gasteiger partial charge in [0.15, 0.2) is 0 Å². The molecule has 0 aliphatic carbocycles. The van der Waals surface area contributed by atoms with E-state index in [9.17, 15) is 14.7 Å². The minimum Gasteiger partial charge on any atom is -0.392 e. The van der Waals surface area contributed by atoms with Crippen LogP contribution in [0.1, 0.15) is 58.4 Å². The van der Waals surface area contributed by atoms with Crippen molar-refractivity contribution in [2.45, 2.75) is 39.0 Å². The summed E-state index contributed by atoms with van der Waals surface area (Å²) in [6.07, 6.45) is 0. The average Bonchev–Trinajstić information content (AvgIpc) is 2.85. The zero-order chi connectivity index (χ0) is 24.2. The maximum absolute atomic E-state index is 13.8. The van der Waals surface area contributed by atoms with E-state index in [-0.39, 0.29) is 25.0 Å². The molecule has 1 heterocycles. The molecular weight excluding hydrogens is 448 g/mol. The number of hydrogen-bond donors (Lipinski definition) is 2. The number of hydrogen-bond acceptors (Lipinski definition) is 3. The monoisotopic (exact) mass is 476 g/mol. The van der Waals surface area contributed by atoms with Gasteiger partial charge >= 0.3 is 0 Å². The van der Waals surface area contributed by atoms with Gasteiger partial charge in [0.25, 0.3) is 5.91 Å². The molecule has 0 saturated heterocycles. The van der Waals surface area contributed by atoms with Crippen LogP contribution >= 0.6 is 11.6 Å². The maximum atomic E-state index is 13.8. The zero-order valence-corrected chi connectivity index (χ0v) is 20.1. The number of benzene rings is 3. The molecule has 0 saturated carbocycles. The number of halogens is 1. The lowest BCUT2D eigenvalue weighted by Gasteiger charge is -2.42. The molecule has 3 aromatic carbocycles. The van der Waals surface area contributed by atoms with Gasteiger partial charge in [-0.25, -0.2) is 0 Å². The lowest BCUT2D eigenvalue weighted by atomic mass is 9.78. The molecule has 1 aliphatic rings. The van der Waals surface area contributed by atoms with Crippen molar-refractivity contribution in [2.24, 2.45) is 5.92 Å². The first-order valence-corrected chi connectivity index (χ1v) is 11.9. The summed E-state index contributed by atoms with van der Waals surface area (Å²) in [7, 11) is 0. The molecule has 3 aromatic rings. The molecule has 4 rings (SSSR count). The highest BCUT2D eigenvalue weighted by Gasteiger charge is 2.44. The fourth-order valence-electron chi connectivity index (χ4n) is 4.47. The molecule has 6 heteroatoms. The molecule has 2 atom stereocenters. The summed E-state index contributed by atoms with van der Waals surface area (Å²) in [5.74, 6) is -0.547. The smallest absolute Gasteiger partial charge is 0.255 e. The molecular formula is C28H29ClN2O3. The van der Waals surface area contributed by atoms with Gasteiger partial charge in [-0.15, -0.1) is 0 Å². The summed E-state index contributed by atoms with van der Waals surface area (Å²) in [6, 6.07) is 21.7. The molecule has 176 valence electrons. The van der Waals surface area contributed by atoms with Crippen molar-refractivity contribution in [3.8, 4) is 0 Å². The van der Waals surface area contributed by atoms with E-state index in [2.05, 4.69) is 5.32 Å². The number of nitrogens with zero attached hydrogens (tertiary/aromatic N) is 1. The Morgan fingerprint density at radius 2 is 1.71 bits per heavy atom. The van der Waals surface area contributed by atoms with Crippen LogP contribution in [0.2, 0.25) is 5.02 Å². The molecule has 0 aromatic heterocycles. The Kier molecular flexibility index (Phi) is 7.35. The standard InChI is InChI=1S/C28H29ClN2O3/c1-18(2)15-30-27(33)25-22-8-4-5-9-23(22)28(34)31(16-21-7-3-6-10-24(21)29)26(25)20-13-11-19(17-32)12-14-20/h3-14,18,25-26,32H,15-17H2,1-2H3,(H,30,33)/t25-,26+/m1/s1. The first kappa shape index (κ1) is 24.0. The average molecular weight is 477 g/mol. The number of rotatable bonds is 7. The second kappa shape index (κ2) is 10.4. The minimum absolute atomic E-state index is 0.0750. The predicted molar refractivity (Wildman–Crippen MR) is 133 cm³/mol. The number of amides is 2. The largest absolute Gasteiger partial charge is 0.392 e. The van der Waals surface area contributed by atoms with Gasteiger partial charge in [0.2, 0.25) is 5.91 Å². The normalized spacial score (nSPS) is 17.6. The van der Waals surface area contributed by atoms with E-state index in [0.717, 1.165) is 22.3 Å². The Bertz CT molecular complexity index is 1180. The Morgan fingerprint density at radius 1 is 1.03 bits per heavy atom. The van der Waals surface area contributed by atoms with Gasteiger partial charge in [-0.2, -0.15) is 0 Å². The minimum atomic E-state index is -0.588. The van der Waals surface area contributed by atoms with E-state index >= 15 is 0 Å². The molecule has 2 amide bonds. The van der Waals surface area contributed by atoms with E-state index in [1.54, 1.807) is 17.0 Å². The Labute approximate surface area is 205 Å². The molecule has 1 aliphatic heterocycles. The van der Waals surface area contributed by atoms with E-state index in [4.69, 9.17) is 11.6 Å². The van der Waals surface area contributed by atoms with Crippen molar-refractivity contribution in [2.75, 3.05) is 6.54 Å². The number of nitrogens with one attached hydrogen (secondary N) is 1. The van der Waals surface area contributed by atoms with Crippen molar-refractivity contribution in [1.29, 1.82) is 0 Å². The topological polar surface area (TPSA) is 69.6 Å². The van der Waals surface area contributed by atoms with E-state index in [1.165, 1.54) is 0 Å². The van der Waals surface area contributed by atoms with Crippen LogP contribution in [0.15, 0.2) is 72.8 Å². The molecule has 0 radical (unpaired) electrons. The number of carbonyl (C=O) groups excluding carboxylic acids is 2. The van der Waals surface area contributed by atoms with Crippen LogP contribution in [-0.2, 0) is 17.9 Å². The first-order valence-electron chi connectivity index (χ1n) is 11.5. The third-order valence-corrected chi connectivity index (χ3v) is 6.58. The Hall–Kier alpha value is -3.15. The van der Waals surface area contributed by atoms with Gasteiger partial charge in [0.05, 0.1) is 18.6 Å². The molecule has 2 N–H and O–H groups in total. The molecule has 0 bridgehead atoms.